The van der Waals surface area contributed by atoms with Crippen LogP contribution in [-0.4, -0.2) is 50.0 Å². The minimum absolute atomic E-state index is 0.000154. The number of carbonyl (C=O) groups is 2. The van der Waals surface area contributed by atoms with E-state index in [4.69, 9.17) is 19.7 Å². The van der Waals surface area contributed by atoms with Crippen molar-refractivity contribution >= 4 is 21.8 Å². The highest BCUT2D eigenvalue weighted by Crippen LogP contribution is 2.26. The highest BCUT2D eigenvalue weighted by molar-refractivity contribution is 7.90. The molecule has 0 bridgehead atoms. The molecule has 2 aromatic rings. The fourth-order valence-electron chi connectivity index (χ4n) is 3.87. The van der Waals surface area contributed by atoms with Gasteiger partial charge in [0.2, 0.25) is 0 Å². The van der Waals surface area contributed by atoms with Crippen molar-refractivity contribution in [3.05, 3.63) is 53.1 Å². The van der Waals surface area contributed by atoms with Gasteiger partial charge in [0, 0.05) is 19.1 Å². The molecule has 8 nitrogen and oxygen atoms in total. The lowest BCUT2D eigenvalue weighted by atomic mass is 9.97. The van der Waals surface area contributed by atoms with Crippen LogP contribution in [0.1, 0.15) is 61.6 Å². The van der Waals surface area contributed by atoms with Crippen LogP contribution in [0.5, 0.6) is 11.5 Å². The van der Waals surface area contributed by atoms with Crippen LogP contribution in [0.2, 0.25) is 0 Å². The molecule has 9 heteroatoms. The van der Waals surface area contributed by atoms with Crippen LogP contribution in [-0.2, 0) is 32.3 Å². The molecule has 198 valence electrons. The predicted molar refractivity (Wildman–Crippen MR) is 137 cm³/mol. The summed E-state index contributed by atoms with van der Waals surface area (Å²) < 4.78 is 35.2. The van der Waals surface area contributed by atoms with Gasteiger partial charge in [-0.25, -0.2) is 8.42 Å². The van der Waals surface area contributed by atoms with Gasteiger partial charge < -0.3 is 19.7 Å². The first-order chi connectivity index (χ1) is 17.1. The molecule has 0 aliphatic carbocycles. The molecule has 36 heavy (non-hydrogen) atoms. The topological polar surface area (TPSA) is 127 Å². The lowest BCUT2D eigenvalue weighted by molar-refractivity contribution is -0.138. The first-order valence-corrected chi connectivity index (χ1v) is 14.1. The second-order valence-corrected chi connectivity index (χ2v) is 10.9. The van der Waals surface area contributed by atoms with Gasteiger partial charge in [0.05, 0.1) is 18.1 Å². The van der Waals surface area contributed by atoms with Gasteiger partial charge in [0.25, 0.3) is 0 Å². The van der Waals surface area contributed by atoms with Crippen LogP contribution in [0.15, 0.2) is 41.3 Å². The smallest absolute Gasteiger partial charge is 0.303 e. The van der Waals surface area contributed by atoms with E-state index < -0.39 is 21.8 Å². The molecule has 2 rings (SSSR count). The highest BCUT2D eigenvalue weighted by atomic mass is 32.2. The van der Waals surface area contributed by atoms with E-state index in [-0.39, 0.29) is 24.3 Å². The first kappa shape index (κ1) is 29.2. The average molecular weight is 521 g/mol. The molecule has 0 aliphatic rings. The van der Waals surface area contributed by atoms with Gasteiger partial charge >= 0.3 is 11.9 Å². The van der Waals surface area contributed by atoms with E-state index in [1.54, 1.807) is 18.2 Å². The number of sulfone groups is 1. The SMILES string of the molecule is Cc1cc(OCCCCCCc2cccc(OCCCC(=O)O)c2CCC(=O)O)cc(S(C)(=O)=O)c1. The largest absolute Gasteiger partial charge is 0.494 e. The normalized spacial score (nSPS) is 11.3. The average Bonchev–Trinajstić information content (AvgIpc) is 2.79. The first-order valence-electron chi connectivity index (χ1n) is 12.2. The van der Waals surface area contributed by atoms with Gasteiger partial charge in [-0.2, -0.15) is 0 Å². The number of hydrogen-bond donors (Lipinski definition) is 2. The van der Waals surface area contributed by atoms with Crippen molar-refractivity contribution in [2.75, 3.05) is 19.5 Å². The molecule has 0 atom stereocenters. The van der Waals surface area contributed by atoms with Gasteiger partial charge in [0.15, 0.2) is 9.84 Å². The van der Waals surface area contributed by atoms with Crippen LogP contribution < -0.4 is 9.47 Å². The molecule has 0 spiro atoms. The molecule has 0 radical (unpaired) electrons. The molecule has 0 unspecified atom stereocenters. The summed E-state index contributed by atoms with van der Waals surface area (Å²) >= 11 is 0. The minimum atomic E-state index is -3.29. The summed E-state index contributed by atoms with van der Waals surface area (Å²) in [5.41, 5.74) is 2.76. The third-order valence-electron chi connectivity index (χ3n) is 5.67. The van der Waals surface area contributed by atoms with E-state index in [0.717, 1.165) is 48.8 Å². The van der Waals surface area contributed by atoms with Crippen molar-refractivity contribution in [2.45, 2.75) is 69.6 Å². The molecule has 0 heterocycles. The summed E-state index contributed by atoms with van der Waals surface area (Å²) in [5, 5.41) is 17.9. The van der Waals surface area contributed by atoms with E-state index in [1.807, 2.05) is 25.1 Å². The van der Waals surface area contributed by atoms with Crippen molar-refractivity contribution in [2.24, 2.45) is 0 Å². The summed E-state index contributed by atoms with van der Waals surface area (Å²) in [7, 11) is -3.29. The van der Waals surface area contributed by atoms with Crippen LogP contribution >= 0.6 is 0 Å². The van der Waals surface area contributed by atoms with Crippen molar-refractivity contribution in [3.63, 3.8) is 0 Å². The van der Waals surface area contributed by atoms with Crippen LogP contribution in [0.25, 0.3) is 0 Å². The monoisotopic (exact) mass is 520 g/mol. The lowest BCUT2D eigenvalue weighted by Crippen LogP contribution is -2.07. The van der Waals surface area contributed by atoms with E-state index in [0.29, 0.717) is 30.9 Å². The molecule has 2 aromatic carbocycles. The van der Waals surface area contributed by atoms with E-state index >= 15 is 0 Å². The number of ether oxygens (including phenoxy) is 2. The maximum atomic E-state index is 11.8. The Bertz CT molecular complexity index is 1120. The quantitative estimate of drug-likeness (QED) is 0.284. The molecular weight excluding hydrogens is 484 g/mol. The number of rotatable bonds is 17. The Balaban J connectivity index is 1.83. The predicted octanol–water partition coefficient (Wildman–Crippen LogP) is 4.84. The van der Waals surface area contributed by atoms with Crippen molar-refractivity contribution in [1.29, 1.82) is 0 Å². The summed E-state index contributed by atoms with van der Waals surface area (Å²) in [5.74, 6) is -0.571. The van der Waals surface area contributed by atoms with E-state index in [2.05, 4.69) is 0 Å². The lowest BCUT2D eigenvalue weighted by Gasteiger charge is -2.15. The molecule has 0 amide bonds. The van der Waals surface area contributed by atoms with Gasteiger partial charge in [0.1, 0.15) is 11.5 Å². The van der Waals surface area contributed by atoms with Crippen LogP contribution in [0.3, 0.4) is 0 Å². The van der Waals surface area contributed by atoms with Crippen LogP contribution in [0.4, 0.5) is 0 Å². The minimum Gasteiger partial charge on any atom is -0.494 e. The Kier molecular flexibility index (Phi) is 11.7. The third kappa shape index (κ3) is 10.7. The molecule has 0 aromatic heterocycles. The molecular formula is C27H36O8S. The maximum absolute atomic E-state index is 11.8. The molecule has 0 saturated carbocycles. The number of aryl methyl sites for hydroxylation is 2. The fourth-order valence-corrected chi connectivity index (χ4v) is 4.60. The van der Waals surface area contributed by atoms with Crippen molar-refractivity contribution in [3.8, 4) is 11.5 Å². The highest BCUT2D eigenvalue weighted by Gasteiger charge is 2.12. The standard InChI is InChI=1S/C27H36O8S/c1-20-17-22(19-23(18-20)36(2,32)33)34-15-6-4-3-5-9-21-10-7-11-25(24(21)13-14-27(30)31)35-16-8-12-26(28)29/h7,10-11,17-19H,3-6,8-9,12-16H2,1-2H3,(H,28,29)(H,30,31). The summed E-state index contributed by atoms with van der Waals surface area (Å²) in [6.45, 7) is 2.60. The van der Waals surface area contributed by atoms with Gasteiger partial charge in [-0.1, -0.05) is 25.0 Å². The summed E-state index contributed by atoms with van der Waals surface area (Å²) in [6, 6.07) is 10.7. The zero-order valence-electron chi connectivity index (χ0n) is 21.0. The second kappa shape index (κ2) is 14.5. The number of hydrogen-bond acceptors (Lipinski definition) is 6. The van der Waals surface area contributed by atoms with E-state index in [1.165, 1.54) is 6.26 Å². The Hall–Kier alpha value is -3.07. The van der Waals surface area contributed by atoms with Gasteiger partial charge in [-0.05, 0) is 80.0 Å². The Morgan fingerprint density at radius 3 is 2.22 bits per heavy atom. The second-order valence-electron chi connectivity index (χ2n) is 8.90. The van der Waals surface area contributed by atoms with E-state index in [9.17, 15) is 18.0 Å². The zero-order valence-corrected chi connectivity index (χ0v) is 21.8. The van der Waals surface area contributed by atoms with Gasteiger partial charge in [-0.3, -0.25) is 9.59 Å². The molecule has 0 aliphatic heterocycles. The van der Waals surface area contributed by atoms with Crippen molar-refractivity contribution in [1.82, 2.24) is 0 Å². The van der Waals surface area contributed by atoms with Crippen LogP contribution in [0, 0.1) is 6.92 Å². The third-order valence-corrected chi connectivity index (χ3v) is 6.77. The number of benzene rings is 2. The summed E-state index contributed by atoms with van der Waals surface area (Å²) in [6.07, 6.45) is 6.41. The number of carboxylic acid groups (broad SMARTS) is 2. The van der Waals surface area contributed by atoms with Gasteiger partial charge in [-0.15, -0.1) is 0 Å². The maximum Gasteiger partial charge on any atom is 0.303 e. The molecule has 0 saturated heterocycles. The zero-order chi connectivity index (χ0) is 26.6. The number of unbranched alkanes of at least 4 members (excludes halogenated alkanes) is 3. The molecule has 2 N–H and O–H groups in total. The Morgan fingerprint density at radius 1 is 0.833 bits per heavy atom. The van der Waals surface area contributed by atoms with Crippen molar-refractivity contribution < 1.29 is 37.7 Å². The Labute approximate surface area is 213 Å². The molecule has 0 fully saturated rings. The summed E-state index contributed by atoms with van der Waals surface area (Å²) in [4.78, 5) is 22.1. The number of aliphatic carboxylic acids is 2. The Morgan fingerprint density at radius 2 is 1.53 bits per heavy atom. The fraction of sp³-hybridized carbons (Fsp3) is 0.481. The number of carboxylic acids is 2.